The third-order valence-corrected chi connectivity index (χ3v) is 2.63. The van der Waals surface area contributed by atoms with E-state index in [1.54, 1.807) is 0 Å². The van der Waals surface area contributed by atoms with E-state index in [-0.39, 0.29) is 0 Å². The van der Waals surface area contributed by atoms with Crippen LogP contribution in [0, 0.1) is 5.92 Å². The van der Waals surface area contributed by atoms with Crippen molar-refractivity contribution in [2.75, 3.05) is 6.61 Å². The topological polar surface area (TPSA) is 26.3 Å². The summed E-state index contributed by atoms with van der Waals surface area (Å²) in [6.07, 6.45) is 3.34. The minimum atomic E-state index is 0.307. The predicted molar refractivity (Wildman–Crippen MR) is 70.3 cm³/mol. The van der Waals surface area contributed by atoms with Gasteiger partial charge in [-0.1, -0.05) is 38.5 Å². The van der Waals surface area contributed by atoms with E-state index in [1.165, 1.54) is 0 Å². The fraction of sp³-hybridized carbons (Fsp3) is 0.533. The second-order valence-corrected chi connectivity index (χ2v) is 4.74. The van der Waals surface area contributed by atoms with E-state index in [9.17, 15) is 4.79 Å². The van der Waals surface area contributed by atoms with Crippen LogP contribution in [-0.2, 0) is 4.79 Å². The van der Waals surface area contributed by atoms with Gasteiger partial charge in [0.15, 0.2) is 0 Å². The van der Waals surface area contributed by atoms with Crippen molar-refractivity contribution in [3.05, 3.63) is 30.3 Å². The highest BCUT2D eigenvalue weighted by molar-refractivity contribution is 5.78. The smallest absolute Gasteiger partial charge is 0.136 e. The van der Waals surface area contributed by atoms with Crippen LogP contribution in [0.5, 0.6) is 5.75 Å². The van der Waals surface area contributed by atoms with Crippen molar-refractivity contribution in [1.29, 1.82) is 0 Å². The molecule has 0 atom stereocenters. The summed E-state index contributed by atoms with van der Waals surface area (Å²) < 4.78 is 5.48. The number of carbonyl (C=O) groups excluding carboxylic acids is 1. The molecular formula is C15H22O2. The van der Waals surface area contributed by atoms with Crippen molar-refractivity contribution < 1.29 is 9.53 Å². The Morgan fingerprint density at radius 1 is 1.18 bits per heavy atom. The highest BCUT2D eigenvalue weighted by Gasteiger charge is 2.03. The molecule has 0 unspecified atom stereocenters. The van der Waals surface area contributed by atoms with Gasteiger partial charge >= 0.3 is 0 Å². The van der Waals surface area contributed by atoms with E-state index >= 15 is 0 Å². The van der Waals surface area contributed by atoms with Crippen LogP contribution < -0.4 is 4.74 Å². The number of carbonyl (C=O) groups is 1. The second-order valence-electron chi connectivity index (χ2n) is 4.74. The van der Waals surface area contributed by atoms with Gasteiger partial charge in [0.05, 0.1) is 6.61 Å². The summed E-state index contributed by atoms with van der Waals surface area (Å²) in [5, 5.41) is 0. The van der Waals surface area contributed by atoms with E-state index in [0.717, 1.165) is 18.6 Å². The summed E-state index contributed by atoms with van der Waals surface area (Å²) in [4.78, 5) is 11.5. The van der Waals surface area contributed by atoms with Gasteiger partial charge in [-0.2, -0.15) is 0 Å². The van der Waals surface area contributed by atoms with E-state index in [0.29, 0.717) is 31.1 Å². The molecule has 1 aromatic rings. The molecule has 94 valence electrons. The molecule has 0 saturated carbocycles. The first-order chi connectivity index (χ1) is 8.18. The Morgan fingerprint density at radius 2 is 1.88 bits per heavy atom. The van der Waals surface area contributed by atoms with Crippen molar-refractivity contribution in [1.82, 2.24) is 0 Å². The zero-order valence-corrected chi connectivity index (χ0v) is 10.8. The van der Waals surface area contributed by atoms with Crippen LogP contribution in [0.2, 0.25) is 0 Å². The Balaban J connectivity index is 2.08. The van der Waals surface area contributed by atoms with Crippen LogP contribution in [0.1, 0.15) is 39.5 Å². The zero-order valence-electron chi connectivity index (χ0n) is 10.8. The fourth-order valence-electron chi connectivity index (χ4n) is 1.63. The van der Waals surface area contributed by atoms with Crippen molar-refractivity contribution in [3.63, 3.8) is 0 Å². The Hall–Kier alpha value is -1.31. The molecule has 2 heteroatoms. The van der Waals surface area contributed by atoms with Crippen molar-refractivity contribution >= 4 is 5.78 Å². The molecule has 0 aliphatic rings. The largest absolute Gasteiger partial charge is 0.493 e. The standard InChI is InChI=1S/C15H22O2/c1-13(2)7-6-8-14(16)11-12-17-15-9-4-3-5-10-15/h3-5,9-10,13H,6-8,11-12H2,1-2H3. The number of ketones is 1. The quantitative estimate of drug-likeness (QED) is 0.683. The van der Waals surface area contributed by atoms with Crippen molar-refractivity contribution in [3.8, 4) is 5.75 Å². The lowest BCUT2D eigenvalue weighted by Gasteiger charge is -2.06. The highest BCUT2D eigenvalue weighted by atomic mass is 16.5. The molecule has 1 aromatic carbocycles. The summed E-state index contributed by atoms with van der Waals surface area (Å²) in [7, 11) is 0. The van der Waals surface area contributed by atoms with Crippen molar-refractivity contribution in [2.24, 2.45) is 5.92 Å². The molecule has 0 heterocycles. The summed E-state index contributed by atoms with van der Waals surface area (Å²) in [6.45, 7) is 4.86. The van der Waals surface area contributed by atoms with Gasteiger partial charge in [-0.3, -0.25) is 4.79 Å². The molecule has 0 N–H and O–H groups in total. The first kappa shape index (κ1) is 13.8. The predicted octanol–water partition coefficient (Wildman–Crippen LogP) is 3.85. The summed E-state index contributed by atoms with van der Waals surface area (Å²) in [6, 6.07) is 9.62. The lowest BCUT2D eigenvalue weighted by atomic mass is 10.0. The van der Waals surface area contributed by atoms with Gasteiger partial charge in [0, 0.05) is 12.8 Å². The molecule has 0 radical (unpaired) electrons. The van der Waals surface area contributed by atoms with Gasteiger partial charge in [-0.15, -0.1) is 0 Å². The highest BCUT2D eigenvalue weighted by Crippen LogP contribution is 2.10. The molecule has 0 aliphatic heterocycles. The fourth-order valence-corrected chi connectivity index (χ4v) is 1.63. The Kier molecular flexibility index (Phi) is 6.38. The number of benzene rings is 1. The normalized spacial score (nSPS) is 10.5. The second kappa shape index (κ2) is 7.88. The first-order valence-electron chi connectivity index (χ1n) is 6.38. The lowest BCUT2D eigenvalue weighted by Crippen LogP contribution is -2.06. The molecule has 0 amide bonds. The van der Waals surface area contributed by atoms with Crippen LogP contribution in [0.4, 0.5) is 0 Å². The number of para-hydroxylation sites is 1. The molecule has 17 heavy (non-hydrogen) atoms. The molecule has 0 saturated heterocycles. The molecule has 0 bridgehead atoms. The van der Waals surface area contributed by atoms with Crippen LogP contribution in [0.25, 0.3) is 0 Å². The molecular weight excluding hydrogens is 212 g/mol. The van der Waals surface area contributed by atoms with Gasteiger partial charge in [-0.25, -0.2) is 0 Å². The van der Waals surface area contributed by atoms with Gasteiger partial charge in [0.25, 0.3) is 0 Å². The number of hydrogen-bond donors (Lipinski definition) is 0. The molecule has 0 fully saturated rings. The van der Waals surface area contributed by atoms with Crippen molar-refractivity contribution in [2.45, 2.75) is 39.5 Å². The van der Waals surface area contributed by atoms with Crippen LogP contribution >= 0.6 is 0 Å². The Bertz CT molecular complexity index is 317. The SMILES string of the molecule is CC(C)CCCC(=O)CCOc1ccccc1. The number of ether oxygens (including phenoxy) is 1. The van der Waals surface area contributed by atoms with Crippen LogP contribution in [-0.4, -0.2) is 12.4 Å². The maximum atomic E-state index is 11.5. The average Bonchev–Trinajstić information content (AvgIpc) is 2.30. The molecule has 0 aromatic heterocycles. The number of Topliss-reactive ketones (excluding diaryl/α,β-unsaturated/α-hetero) is 1. The minimum absolute atomic E-state index is 0.307. The lowest BCUT2D eigenvalue weighted by molar-refractivity contribution is -0.119. The van der Waals surface area contributed by atoms with Crippen LogP contribution in [0.15, 0.2) is 30.3 Å². The van der Waals surface area contributed by atoms with Crippen LogP contribution in [0.3, 0.4) is 0 Å². The van der Waals surface area contributed by atoms with E-state index in [2.05, 4.69) is 13.8 Å². The molecule has 0 spiro atoms. The summed E-state index contributed by atoms with van der Waals surface area (Å²) in [5.74, 6) is 1.83. The maximum Gasteiger partial charge on any atom is 0.136 e. The van der Waals surface area contributed by atoms with Gasteiger partial charge in [-0.05, 0) is 24.5 Å². The Labute approximate surface area is 104 Å². The van der Waals surface area contributed by atoms with E-state index in [1.807, 2.05) is 30.3 Å². The van der Waals surface area contributed by atoms with E-state index < -0.39 is 0 Å². The van der Waals surface area contributed by atoms with Gasteiger partial charge in [0.2, 0.25) is 0 Å². The minimum Gasteiger partial charge on any atom is -0.493 e. The third kappa shape index (κ3) is 6.77. The molecule has 0 aliphatic carbocycles. The first-order valence-corrected chi connectivity index (χ1v) is 6.38. The number of hydrogen-bond acceptors (Lipinski definition) is 2. The molecule has 2 nitrogen and oxygen atoms in total. The van der Waals surface area contributed by atoms with Gasteiger partial charge in [0.1, 0.15) is 11.5 Å². The van der Waals surface area contributed by atoms with Gasteiger partial charge < -0.3 is 4.74 Å². The van der Waals surface area contributed by atoms with E-state index in [4.69, 9.17) is 4.74 Å². The monoisotopic (exact) mass is 234 g/mol. The summed E-state index contributed by atoms with van der Waals surface area (Å²) >= 11 is 0. The summed E-state index contributed by atoms with van der Waals surface area (Å²) in [5.41, 5.74) is 0. The average molecular weight is 234 g/mol. The number of rotatable bonds is 8. The Morgan fingerprint density at radius 3 is 2.53 bits per heavy atom. The molecule has 1 rings (SSSR count). The third-order valence-electron chi connectivity index (χ3n) is 2.63. The maximum absolute atomic E-state index is 11.5. The zero-order chi connectivity index (χ0) is 12.5.